The number of halogens is 5. The Morgan fingerprint density at radius 1 is 0.778 bits per heavy atom. The first-order valence-corrected chi connectivity index (χ1v) is 21.3. The van der Waals surface area contributed by atoms with Crippen molar-refractivity contribution in [3.63, 3.8) is 0 Å². The zero-order valence-electron chi connectivity index (χ0n) is 5.89. The van der Waals surface area contributed by atoms with E-state index < -0.39 is 0 Å². The molecule has 0 fully saturated rings. The van der Waals surface area contributed by atoms with Crippen LogP contribution in [0.2, 0.25) is 0 Å². The van der Waals surface area contributed by atoms with Crippen LogP contribution in [0, 0.1) is 0 Å². The molecule has 0 aliphatic heterocycles. The maximum absolute atomic E-state index is 2.39. The predicted octanol–water partition coefficient (Wildman–Crippen LogP) is 2.60. The van der Waals surface area contributed by atoms with Gasteiger partial charge in [0, 0.05) is 37.2 Å². The summed E-state index contributed by atoms with van der Waals surface area (Å²) < 4.78 is 0. The van der Waals surface area contributed by atoms with E-state index in [4.69, 9.17) is 0 Å². The molecule has 0 heterocycles. The first kappa shape index (κ1) is 22.9. The number of hydrogen-bond donors (Lipinski definition) is 0. The topological polar surface area (TPSA) is 0 Å². The molecule has 0 spiro atoms. The van der Waals surface area contributed by atoms with E-state index in [1.54, 1.807) is 0 Å². The van der Waals surface area contributed by atoms with Crippen molar-refractivity contribution < 1.29 is 13.3 Å². The normalized spacial score (nSPS) is 4.44. The summed E-state index contributed by atoms with van der Waals surface area (Å²) in [4.78, 5) is 0. The fourth-order valence-corrected chi connectivity index (χ4v) is 0. The Balaban J connectivity index is -0.0000000190. The number of hydrogen-bond acceptors (Lipinski definition) is 0. The molecule has 0 aliphatic carbocycles. The summed E-state index contributed by atoms with van der Waals surface area (Å²) in [5.41, 5.74) is 0. The van der Waals surface area contributed by atoms with Gasteiger partial charge in [-0.05, 0) is 0 Å². The van der Waals surface area contributed by atoms with Gasteiger partial charge in [0.15, 0.2) is 0 Å². The summed E-state index contributed by atoms with van der Waals surface area (Å²) in [6.45, 7) is 8.00. The van der Waals surface area contributed by atoms with E-state index in [1.807, 2.05) is 27.7 Å². The van der Waals surface area contributed by atoms with Crippen molar-refractivity contribution in [3.8, 4) is 0 Å². The molecule has 0 bridgehead atoms. The molecule has 64 valence electrons. The molecule has 0 atom stereocenters. The molecule has 0 rings (SSSR count). The van der Waals surface area contributed by atoms with Crippen molar-refractivity contribution in [2.24, 2.45) is 0 Å². The van der Waals surface area contributed by atoms with Gasteiger partial charge in [-0.2, -0.15) is 0 Å². The second-order valence-electron chi connectivity index (χ2n) is 0.0540. The van der Waals surface area contributed by atoms with Gasteiger partial charge in [0.2, 0.25) is 0 Å². The molecule has 0 saturated carbocycles. The molecule has 0 amide bonds. The van der Waals surface area contributed by atoms with E-state index in [9.17, 15) is 0 Å². The zero-order chi connectivity index (χ0) is 8.71. The molecule has 0 radical (unpaired) electrons. The van der Waals surface area contributed by atoms with Crippen molar-refractivity contribution in [2.75, 3.05) is 0 Å². The van der Waals surface area contributed by atoms with Gasteiger partial charge < -0.3 is 0 Å². The summed E-state index contributed by atoms with van der Waals surface area (Å²) in [7, 11) is 0. The first-order valence-electron chi connectivity index (χ1n) is 2.43. The van der Waals surface area contributed by atoms with Crippen molar-refractivity contribution in [1.29, 1.82) is 0 Å². The van der Waals surface area contributed by atoms with E-state index in [1.165, 1.54) is 0 Å². The van der Waals surface area contributed by atoms with Crippen LogP contribution in [0.3, 0.4) is 0 Å². The second-order valence-corrected chi connectivity index (χ2v) is 16.3. The molecular formula is C4H12I5-. The quantitative estimate of drug-likeness (QED) is 0.343. The average molecular weight is 695 g/mol. The minimum atomic E-state index is 0.530. The van der Waals surface area contributed by atoms with Crippen molar-refractivity contribution >= 4 is 74.5 Å². The Labute approximate surface area is 112 Å². The Hall–Kier alpha value is 3.65. The summed E-state index contributed by atoms with van der Waals surface area (Å²) in [5, 5.41) is 0. The van der Waals surface area contributed by atoms with Gasteiger partial charge in [-0.25, -0.2) is 0 Å². The van der Waals surface area contributed by atoms with Crippen LogP contribution in [0.25, 0.3) is 0 Å². The Morgan fingerprint density at radius 3 is 0.778 bits per heavy atom. The molecule has 5 heteroatoms. The van der Waals surface area contributed by atoms with Crippen LogP contribution in [0.5, 0.6) is 0 Å². The second kappa shape index (κ2) is 61.1. The monoisotopic (exact) mass is 695 g/mol. The van der Waals surface area contributed by atoms with Crippen molar-refractivity contribution in [1.82, 2.24) is 0 Å². The number of rotatable bonds is 0. The molecule has 0 aromatic heterocycles. The molecule has 0 aliphatic rings. The van der Waals surface area contributed by atoms with E-state index in [0.717, 1.165) is 0 Å². The van der Waals surface area contributed by atoms with E-state index in [0.29, 0.717) is 13.3 Å². The Bertz CT molecular complexity index is 8.92. The van der Waals surface area contributed by atoms with Gasteiger partial charge in [-0.1, -0.05) is 27.7 Å². The SMILES string of the molecule is CC.CC.II.I[I-]I. The van der Waals surface area contributed by atoms with Crippen LogP contribution in [0.4, 0.5) is 0 Å². The molecule has 0 aromatic carbocycles. The molecule has 0 nitrogen and oxygen atoms in total. The van der Waals surface area contributed by atoms with E-state index >= 15 is 0 Å². The zero-order valence-corrected chi connectivity index (χ0v) is 16.7. The van der Waals surface area contributed by atoms with E-state index in [2.05, 4.69) is 74.5 Å². The van der Waals surface area contributed by atoms with Gasteiger partial charge in [-0.3, -0.25) is 0 Å². The summed E-state index contributed by atoms with van der Waals surface area (Å²) >= 11 is 9.54. The van der Waals surface area contributed by atoms with Crippen LogP contribution in [-0.2, 0) is 0 Å². The fourth-order valence-electron chi connectivity index (χ4n) is 0. The fraction of sp³-hybridized carbons (Fsp3) is 1.00. The molecule has 0 unspecified atom stereocenters. The molecule has 0 aromatic rings. The standard InChI is InChI=1S/2C2H6.I3.I2/c2*1-2;1-3-2;1-2/h2*1-2H3;;/q;;-1;. The maximum atomic E-state index is 2.39. The van der Waals surface area contributed by atoms with Crippen molar-refractivity contribution in [3.05, 3.63) is 0 Å². The summed E-state index contributed by atoms with van der Waals surface area (Å²) in [6, 6.07) is 0. The molecule has 0 N–H and O–H groups in total. The van der Waals surface area contributed by atoms with Crippen LogP contribution < -0.4 is 13.3 Å². The Morgan fingerprint density at radius 2 is 0.778 bits per heavy atom. The predicted molar refractivity (Wildman–Crippen MR) is 78.8 cm³/mol. The van der Waals surface area contributed by atoms with Gasteiger partial charge in [0.05, 0.1) is 0 Å². The van der Waals surface area contributed by atoms with Crippen LogP contribution in [0.1, 0.15) is 27.7 Å². The third-order valence-electron chi connectivity index (χ3n) is 0. The third kappa shape index (κ3) is 81.4. The third-order valence-corrected chi connectivity index (χ3v) is 0. The molecular weight excluding hydrogens is 683 g/mol. The Kier molecular flexibility index (Phi) is 156. The van der Waals surface area contributed by atoms with Gasteiger partial charge in [0.25, 0.3) is 0 Å². The van der Waals surface area contributed by atoms with E-state index in [-0.39, 0.29) is 0 Å². The van der Waals surface area contributed by atoms with Crippen molar-refractivity contribution in [2.45, 2.75) is 27.7 Å². The van der Waals surface area contributed by atoms with Gasteiger partial charge in [0.1, 0.15) is 0 Å². The van der Waals surface area contributed by atoms with Gasteiger partial charge >= 0.3 is 50.5 Å². The molecule has 9 heavy (non-hydrogen) atoms. The van der Waals surface area contributed by atoms with Gasteiger partial charge in [-0.15, -0.1) is 0 Å². The van der Waals surface area contributed by atoms with Crippen LogP contribution in [0.15, 0.2) is 0 Å². The molecule has 0 saturated heterocycles. The average Bonchev–Trinajstić information content (AvgIpc) is 2.01. The summed E-state index contributed by atoms with van der Waals surface area (Å²) in [6.07, 6.45) is 0. The van der Waals surface area contributed by atoms with Crippen LogP contribution >= 0.6 is 74.5 Å². The van der Waals surface area contributed by atoms with Crippen LogP contribution in [-0.4, -0.2) is 0 Å². The minimum absolute atomic E-state index is 0.530. The first-order chi connectivity index (χ1) is 4.41. The summed E-state index contributed by atoms with van der Waals surface area (Å²) in [5.74, 6) is 0.